The molecule has 1 saturated heterocycles. The second-order valence-corrected chi connectivity index (χ2v) is 8.90. The Hall–Kier alpha value is -0.150. The van der Waals surface area contributed by atoms with Crippen LogP contribution in [-0.4, -0.2) is 40.0 Å². The zero-order chi connectivity index (χ0) is 15.6. The van der Waals surface area contributed by atoms with Gasteiger partial charge in [0.1, 0.15) is 4.90 Å². The van der Waals surface area contributed by atoms with Crippen LogP contribution in [-0.2, 0) is 10.0 Å². The van der Waals surface area contributed by atoms with Crippen LogP contribution in [0.3, 0.4) is 0 Å². The third kappa shape index (κ3) is 4.41. The van der Waals surface area contributed by atoms with Crippen LogP contribution in [0, 0.1) is 5.92 Å². The molecule has 1 unspecified atom stereocenters. The van der Waals surface area contributed by atoms with E-state index in [1.165, 1.54) is 0 Å². The molecular weight excluding hydrogens is 422 g/mol. The molecule has 3 N–H and O–H groups in total. The molecule has 1 aliphatic heterocycles. The van der Waals surface area contributed by atoms with E-state index in [4.69, 9.17) is 5.73 Å². The van der Waals surface area contributed by atoms with Crippen LogP contribution in [0.2, 0.25) is 0 Å². The lowest BCUT2D eigenvalue weighted by atomic mass is 9.99. The van der Waals surface area contributed by atoms with Crippen molar-refractivity contribution >= 4 is 47.6 Å². The number of nitrogens with two attached hydrogens (primary N) is 1. The predicted molar refractivity (Wildman–Crippen MR) is 91.7 cm³/mol. The first-order valence-electron chi connectivity index (χ1n) is 6.72. The third-order valence-corrected chi connectivity index (χ3v) is 6.48. The molecule has 1 atom stereocenters. The Morgan fingerprint density at radius 1 is 1.43 bits per heavy atom. The molecule has 0 spiro atoms. The Morgan fingerprint density at radius 2 is 2.14 bits per heavy atom. The molecule has 8 heteroatoms. The first-order valence-corrected chi connectivity index (χ1v) is 9.79. The maximum absolute atomic E-state index is 12.5. The van der Waals surface area contributed by atoms with E-state index in [2.05, 4.69) is 48.5 Å². The lowest BCUT2D eigenvalue weighted by molar-refractivity contribution is 0.211. The zero-order valence-corrected chi connectivity index (χ0v) is 15.8. The average Bonchev–Trinajstić information content (AvgIpc) is 2.35. The minimum absolute atomic E-state index is 0.106. The number of anilines is 1. The molecule has 5 nitrogen and oxygen atoms in total. The number of rotatable bonds is 4. The summed E-state index contributed by atoms with van der Waals surface area (Å²) in [4.78, 5) is 2.33. The lowest BCUT2D eigenvalue weighted by Crippen LogP contribution is -2.39. The van der Waals surface area contributed by atoms with Gasteiger partial charge in [-0.3, -0.25) is 0 Å². The summed E-state index contributed by atoms with van der Waals surface area (Å²) in [7, 11) is -1.56. The number of likely N-dealkylation sites (tertiary alicyclic amines) is 1. The summed E-state index contributed by atoms with van der Waals surface area (Å²) < 4.78 is 28.8. The van der Waals surface area contributed by atoms with Crippen molar-refractivity contribution in [2.75, 3.05) is 32.4 Å². The van der Waals surface area contributed by atoms with Crippen molar-refractivity contribution < 1.29 is 8.42 Å². The summed E-state index contributed by atoms with van der Waals surface area (Å²) in [6.07, 6.45) is 2.15. The fourth-order valence-corrected chi connectivity index (χ4v) is 5.79. The molecule has 0 aromatic heterocycles. The van der Waals surface area contributed by atoms with Crippen molar-refractivity contribution in [1.29, 1.82) is 0 Å². The highest BCUT2D eigenvalue weighted by Gasteiger charge is 2.24. The van der Waals surface area contributed by atoms with Crippen LogP contribution in [0.15, 0.2) is 26.0 Å². The normalized spacial score (nSPS) is 20.6. The molecule has 1 aromatic rings. The number of nitrogens with one attached hydrogen (secondary N) is 1. The molecule has 0 bridgehead atoms. The Bertz CT molecular complexity index is 599. The third-order valence-electron chi connectivity index (χ3n) is 3.59. The van der Waals surface area contributed by atoms with Crippen LogP contribution in [0.25, 0.3) is 0 Å². The smallest absolute Gasteiger partial charge is 0.243 e. The largest absolute Gasteiger partial charge is 0.398 e. The van der Waals surface area contributed by atoms with Crippen molar-refractivity contribution in [3.63, 3.8) is 0 Å². The van der Waals surface area contributed by atoms with Gasteiger partial charge in [0.05, 0.1) is 5.69 Å². The average molecular weight is 441 g/mol. The maximum Gasteiger partial charge on any atom is 0.243 e. The molecular formula is C13H19Br2N3O2S. The second-order valence-electron chi connectivity index (χ2n) is 5.43. The zero-order valence-electron chi connectivity index (χ0n) is 11.8. The molecule has 1 aromatic carbocycles. The molecule has 2 rings (SSSR count). The van der Waals surface area contributed by atoms with Crippen molar-refractivity contribution in [3.05, 3.63) is 21.1 Å². The van der Waals surface area contributed by atoms with E-state index in [1.807, 2.05) is 0 Å². The summed E-state index contributed by atoms with van der Waals surface area (Å²) in [6, 6.07) is 3.27. The van der Waals surface area contributed by atoms with Crippen molar-refractivity contribution in [2.45, 2.75) is 17.7 Å². The van der Waals surface area contributed by atoms with Crippen LogP contribution in [0.1, 0.15) is 12.8 Å². The molecule has 0 radical (unpaired) electrons. The van der Waals surface area contributed by atoms with Gasteiger partial charge in [-0.05, 0) is 60.4 Å². The first kappa shape index (κ1) is 17.2. The Labute approximate surface area is 142 Å². The number of hydrogen-bond acceptors (Lipinski definition) is 4. The summed E-state index contributed by atoms with van der Waals surface area (Å²) >= 11 is 6.56. The number of sulfonamides is 1. The lowest BCUT2D eigenvalue weighted by Gasteiger charge is -2.29. The van der Waals surface area contributed by atoms with Crippen LogP contribution in [0.4, 0.5) is 5.69 Å². The maximum atomic E-state index is 12.5. The minimum atomic E-state index is -3.62. The van der Waals surface area contributed by atoms with E-state index in [1.54, 1.807) is 12.1 Å². The highest BCUT2D eigenvalue weighted by molar-refractivity contribution is 9.11. The molecule has 21 heavy (non-hydrogen) atoms. The fraction of sp³-hybridized carbons (Fsp3) is 0.538. The molecule has 1 aliphatic rings. The molecule has 0 saturated carbocycles. The quantitative estimate of drug-likeness (QED) is 0.705. The van der Waals surface area contributed by atoms with Crippen molar-refractivity contribution in [2.24, 2.45) is 5.92 Å². The van der Waals surface area contributed by atoms with Gasteiger partial charge >= 0.3 is 0 Å². The predicted octanol–water partition coefficient (Wildman–Crippen LogP) is 2.41. The molecule has 1 fully saturated rings. The van der Waals surface area contributed by atoms with Crippen molar-refractivity contribution in [3.8, 4) is 0 Å². The number of piperidine rings is 1. The van der Waals surface area contributed by atoms with Gasteiger partial charge in [-0.25, -0.2) is 13.1 Å². The van der Waals surface area contributed by atoms with Crippen LogP contribution in [0.5, 0.6) is 0 Å². The van der Waals surface area contributed by atoms with Gasteiger partial charge in [-0.15, -0.1) is 0 Å². The molecule has 118 valence electrons. The van der Waals surface area contributed by atoms with E-state index < -0.39 is 10.0 Å². The SMILES string of the molecule is CN1CCCC(CNS(=O)(=O)c2c(N)cc(Br)cc2Br)C1. The first-order chi connectivity index (χ1) is 9.79. The van der Waals surface area contributed by atoms with Gasteiger partial charge in [-0.1, -0.05) is 15.9 Å². The topological polar surface area (TPSA) is 75.4 Å². The molecule has 0 amide bonds. The van der Waals surface area contributed by atoms with Gasteiger partial charge < -0.3 is 10.6 Å². The van der Waals surface area contributed by atoms with E-state index >= 15 is 0 Å². The fourth-order valence-electron chi connectivity index (χ4n) is 2.60. The summed E-state index contributed by atoms with van der Waals surface area (Å²) in [6.45, 7) is 2.43. The van der Waals surface area contributed by atoms with Gasteiger partial charge in [0.25, 0.3) is 0 Å². The Kier molecular flexibility index (Phi) is 5.70. The summed E-state index contributed by atoms with van der Waals surface area (Å²) in [5.41, 5.74) is 6.08. The van der Waals surface area contributed by atoms with Crippen LogP contribution < -0.4 is 10.5 Å². The number of halogens is 2. The number of hydrogen-bond donors (Lipinski definition) is 2. The molecule has 0 aliphatic carbocycles. The second kappa shape index (κ2) is 6.95. The van der Waals surface area contributed by atoms with E-state index in [9.17, 15) is 8.42 Å². The number of benzene rings is 1. The summed E-state index contributed by atoms with van der Waals surface area (Å²) in [5.74, 6) is 0.342. The Morgan fingerprint density at radius 3 is 2.76 bits per heavy atom. The van der Waals surface area contributed by atoms with Crippen molar-refractivity contribution in [1.82, 2.24) is 9.62 Å². The van der Waals surface area contributed by atoms with E-state index in [-0.39, 0.29) is 10.6 Å². The highest BCUT2D eigenvalue weighted by atomic mass is 79.9. The minimum Gasteiger partial charge on any atom is -0.398 e. The highest BCUT2D eigenvalue weighted by Crippen LogP contribution is 2.31. The van der Waals surface area contributed by atoms with Gasteiger partial charge in [0.2, 0.25) is 10.0 Å². The van der Waals surface area contributed by atoms with Gasteiger partial charge in [0.15, 0.2) is 0 Å². The Balaban J connectivity index is 2.12. The standard InChI is InChI=1S/C13H19Br2N3O2S/c1-18-4-2-3-9(8-18)7-17-21(19,20)13-11(15)5-10(14)6-12(13)16/h5-6,9,17H,2-4,7-8,16H2,1H3. The molecule has 1 heterocycles. The number of nitrogens with zero attached hydrogens (tertiary/aromatic N) is 1. The van der Waals surface area contributed by atoms with E-state index in [0.29, 0.717) is 16.9 Å². The monoisotopic (exact) mass is 439 g/mol. The van der Waals surface area contributed by atoms with Gasteiger partial charge in [-0.2, -0.15) is 0 Å². The van der Waals surface area contributed by atoms with E-state index in [0.717, 1.165) is 30.4 Å². The van der Waals surface area contributed by atoms with Crippen LogP contribution >= 0.6 is 31.9 Å². The summed E-state index contributed by atoms with van der Waals surface area (Å²) in [5, 5.41) is 0. The van der Waals surface area contributed by atoms with Gasteiger partial charge in [0, 0.05) is 22.0 Å². The number of nitrogen functional groups attached to an aromatic ring is 1.